The molecule has 2 N–H and O–H groups in total. The molecule has 0 bridgehead atoms. The van der Waals surface area contributed by atoms with Crippen LogP contribution >= 0.6 is 0 Å². The van der Waals surface area contributed by atoms with Gasteiger partial charge in [0, 0.05) is 16.7 Å². The van der Waals surface area contributed by atoms with Crippen LogP contribution in [-0.2, 0) is 10.5 Å². The van der Waals surface area contributed by atoms with E-state index in [1.807, 2.05) is 66.7 Å². The maximum Gasteiger partial charge on any atom is 0.359 e. The molecule has 1 aliphatic heterocycles. The van der Waals surface area contributed by atoms with Crippen molar-refractivity contribution in [2.45, 2.75) is 5.66 Å². The summed E-state index contributed by atoms with van der Waals surface area (Å²) in [6.07, 6.45) is 0. The van der Waals surface area contributed by atoms with Crippen LogP contribution < -0.4 is 5.32 Å². The summed E-state index contributed by atoms with van der Waals surface area (Å²) < 4.78 is 0. The number of carboxylic acids is 1. The molecule has 5 nitrogen and oxygen atoms in total. The van der Waals surface area contributed by atoms with Gasteiger partial charge in [-0.15, -0.1) is 0 Å². The van der Waals surface area contributed by atoms with Gasteiger partial charge in [0.2, 0.25) is 0 Å². The van der Waals surface area contributed by atoms with E-state index in [1.165, 1.54) is 0 Å². The summed E-state index contributed by atoms with van der Waals surface area (Å²) in [6.45, 7) is 0. The highest BCUT2D eigenvalue weighted by atomic mass is 16.4. The number of carbonyl (C=O) groups is 1. The molecule has 0 saturated carbocycles. The summed E-state index contributed by atoms with van der Waals surface area (Å²) in [4.78, 5) is 21.5. The van der Waals surface area contributed by atoms with Crippen molar-refractivity contribution in [3.63, 3.8) is 0 Å². The standard InChI is InChI=1S/C22H17N3O2/c26-21(27)22(18-14-8-3-9-15-18)24-19(16-10-4-1-5-11-16)23-20(25-22)17-12-6-2-7-13-17/h1-15H,(H,26,27)(H,23,24,25). The molecule has 27 heavy (non-hydrogen) atoms. The third kappa shape index (κ3) is 3.11. The number of benzene rings is 3. The molecular weight excluding hydrogens is 338 g/mol. The molecule has 0 saturated heterocycles. The van der Waals surface area contributed by atoms with Gasteiger partial charge < -0.3 is 10.4 Å². The predicted molar refractivity (Wildman–Crippen MR) is 105 cm³/mol. The maximum atomic E-state index is 12.4. The van der Waals surface area contributed by atoms with Gasteiger partial charge in [-0.2, -0.15) is 0 Å². The first kappa shape index (κ1) is 16.7. The maximum absolute atomic E-state index is 12.4. The van der Waals surface area contributed by atoms with Crippen LogP contribution in [0.15, 0.2) is 101 Å². The number of amidine groups is 2. The Hall–Kier alpha value is -3.73. The second-order valence-electron chi connectivity index (χ2n) is 6.12. The molecule has 3 aromatic rings. The zero-order valence-corrected chi connectivity index (χ0v) is 14.4. The predicted octanol–water partition coefficient (Wildman–Crippen LogP) is 3.42. The summed E-state index contributed by atoms with van der Waals surface area (Å²) >= 11 is 0. The van der Waals surface area contributed by atoms with Gasteiger partial charge in [-0.25, -0.2) is 14.8 Å². The van der Waals surface area contributed by atoms with Crippen molar-refractivity contribution >= 4 is 17.6 Å². The molecular formula is C22H17N3O2. The van der Waals surface area contributed by atoms with Crippen molar-refractivity contribution in [1.29, 1.82) is 0 Å². The molecule has 132 valence electrons. The van der Waals surface area contributed by atoms with Crippen molar-refractivity contribution in [2.24, 2.45) is 9.98 Å². The molecule has 5 heteroatoms. The van der Waals surface area contributed by atoms with E-state index in [9.17, 15) is 9.90 Å². The van der Waals surface area contributed by atoms with E-state index in [-0.39, 0.29) is 0 Å². The highest BCUT2D eigenvalue weighted by Gasteiger charge is 2.43. The van der Waals surface area contributed by atoms with Crippen LogP contribution in [0.1, 0.15) is 16.7 Å². The van der Waals surface area contributed by atoms with Gasteiger partial charge in [0.1, 0.15) is 11.7 Å². The summed E-state index contributed by atoms with van der Waals surface area (Å²) in [6, 6.07) is 27.8. The average molecular weight is 355 g/mol. The number of hydrogen-bond acceptors (Lipinski definition) is 4. The number of aliphatic imine (C=N–C) groups is 2. The minimum absolute atomic E-state index is 0.468. The van der Waals surface area contributed by atoms with Crippen LogP contribution in [-0.4, -0.2) is 22.7 Å². The Labute approximate surface area is 156 Å². The second-order valence-corrected chi connectivity index (χ2v) is 6.12. The highest BCUT2D eigenvalue weighted by Crippen LogP contribution is 2.32. The van der Waals surface area contributed by atoms with Crippen molar-refractivity contribution in [3.8, 4) is 0 Å². The van der Waals surface area contributed by atoms with E-state index in [1.54, 1.807) is 24.3 Å². The Morgan fingerprint density at radius 1 is 0.704 bits per heavy atom. The molecule has 0 radical (unpaired) electrons. The lowest BCUT2D eigenvalue weighted by atomic mass is 9.98. The summed E-state index contributed by atoms with van der Waals surface area (Å²) in [5.41, 5.74) is 0.341. The third-order valence-electron chi connectivity index (χ3n) is 4.35. The van der Waals surface area contributed by atoms with Gasteiger partial charge in [0.25, 0.3) is 5.66 Å². The van der Waals surface area contributed by atoms with Crippen LogP contribution in [0.4, 0.5) is 0 Å². The number of aliphatic carboxylic acids is 1. The van der Waals surface area contributed by atoms with E-state index < -0.39 is 11.6 Å². The summed E-state index contributed by atoms with van der Waals surface area (Å²) in [7, 11) is 0. The molecule has 0 fully saturated rings. The topological polar surface area (TPSA) is 74.0 Å². The normalized spacial score (nSPS) is 15.3. The van der Waals surface area contributed by atoms with Gasteiger partial charge in [0.15, 0.2) is 0 Å². The van der Waals surface area contributed by atoms with Gasteiger partial charge >= 0.3 is 5.97 Å². The largest absolute Gasteiger partial charge is 0.478 e. The Bertz CT molecular complexity index is 958. The van der Waals surface area contributed by atoms with Crippen LogP contribution in [0, 0.1) is 0 Å². The number of carboxylic acid groups (broad SMARTS) is 1. The molecule has 0 aromatic heterocycles. The molecule has 0 unspecified atom stereocenters. The van der Waals surface area contributed by atoms with Crippen molar-refractivity contribution in [2.75, 3.05) is 0 Å². The van der Waals surface area contributed by atoms with Crippen molar-refractivity contribution in [3.05, 3.63) is 108 Å². The van der Waals surface area contributed by atoms with E-state index in [4.69, 9.17) is 0 Å². The monoisotopic (exact) mass is 355 g/mol. The minimum Gasteiger partial charge on any atom is -0.478 e. The van der Waals surface area contributed by atoms with Crippen molar-refractivity contribution < 1.29 is 9.90 Å². The third-order valence-corrected chi connectivity index (χ3v) is 4.35. The van der Waals surface area contributed by atoms with Crippen molar-refractivity contribution in [1.82, 2.24) is 5.32 Å². The quantitative estimate of drug-likeness (QED) is 0.753. The fourth-order valence-electron chi connectivity index (χ4n) is 3.00. The number of rotatable bonds is 4. The molecule has 0 aliphatic carbocycles. The SMILES string of the molecule is O=C(O)C1(c2ccccc2)N=C(c2ccccc2)NC(c2ccccc2)=N1. The molecule has 1 aliphatic rings. The fraction of sp³-hybridized carbons (Fsp3) is 0.0455. The first-order valence-electron chi connectivity index (χ1n) is 8.55. The molecule has 0 amide bonds. The van der Waals surface area contributed by atoms with E-state index in [0.29, 0.717) is 17.2 Å². The second kappa shape index (κ2) is 6.88. The Morgan fingerprint density at radius 3 is 1.52 bits per heavy atom. The van der Waals surface area contributed by atoms with Gasteiger partial charge in [-0.05, 0) is 0 Å². The highest BCUT2D eigenvalue weighted by molar-refractivity contribution is 6.17. The van der Waals surface area contributed by atoms with Crippen LogP contribution in [0.25, 0.3) is 0 Å². The number of hydrogen-bond donors (Lipinski definition) is 2. The van der Waals surface area contributed by atoms with E-state index >= 15 is 0 Å². The Balaban J connectivity index is 1.95. The molecule has 1 heterocycles. The molecule has 0 spiro atoms. The first-order valence-corrected chi connectivity index (χ1v) is 8.55. The molecule has 4 rings (SSSR count). The Morgan fingerprint density at radius 2 is 1.11 bits per heavy atom. The van der Waals surface area contributed by atoms with Gasteiger partial charge in [-0.1, -0.05) is 91.0 Å². The van der Waals surface area contributed by atoms with Crippen LogP contribution in [0.3, 0.4) is 0 Å². The van der Waals surface area contributed by atoms with Gasteiger partial charge in [-0.3, -0.25) is 0 Å². The lowest BCUT2D eigenvalue weighted by Crippen LogP contribution is -2.45. The zero-order valence-electron chi connectivity index (χ0n) is 14.4. The average Bonchev–Trinajstić information content (AvgIpc) is 2.75. The molecule has 0 atom stereocenters. The molecule has 3 aromatic carbocycles. The lowest BCUT2D eigenvalue weighted by Gasteiger charge is -2.29. The number of nitrogens with one attached hydrogen (secondary N) is 1. The van der Waals surface area contributed by atoms with E-state index in [0.717, 1.165) is 11.1 Å². The Kier molecular flexibility index (Phi) is 4.26. The first-order chi connectivity index (χ1) is 13.2. The minimum atomic E-state index is -1.75. The zero-order chi connectivity index (χ0) is 18.7. The summed E-state index contributed by atoms with van der Waals surface area (Å²) in [5, 5.41) is 13.3. The van der Waals surface area contributed by atoms with Crippen LogP contribution in [0.2, 0.25) is 0 Å². The smallest absolute Gasteiger partial charge is 0.359 e. The summed E-state index contributed by atoms with van der Waals surface area (Å²) in [5.74, 6) is -0.191. The number of nitrogens with zero attached hydrogens (tertiary/aromatic N) is 2. The van der Waals surface area contributed by atoms with E-state index in [2.05, 4.69) is 15.3 Å². The lowest BCUT2D eigenvalue weighted by molar-refractivity contribution is -0.143. The fourth-order valence-corrected chi connectivity index (χ4v) is 3.00. The van der Waals surface area contributed by atoms with Gasteiger partial charge in [0.05, 0.1) is 0 Å². The van der Waals surface area contributed by atoms with Crippen LogP contribution in [0.5, 0.6) is 0 Å².